The Labute approximate surface area is 118 Å². The monoisotopic (exact) mass is 291 g/mol. The summed E-state index contributed by atoms with van der Waals surface area (Å²) in [7, 11) is 0. The number of H-pyrrole nitrogens is 1. The summed E-state index contributed by atoms with van der Waals surface area (Å²) in [5, 5.41) is 8.42. The maximum atomic E-state index is 11.7. The smallest absolute Gasteiger partial charge is 0.267 e. The molecule has 4 nitrogen and oxygen atoms in total. The fourth-order valence-electron chi connectivity index (χ4n) is 1.89. The zero-order valence-corrected chi connectivity index (χ0v) is 11.0. The molecule has 2 heterocycles. The van der Waals surface area contributed by atoms with Gasteiger partial charge in [0.1, 0.15) is 10.8 Å². The SMILES string of the molecule is O=c1[nH]nc(-c2cnc(Cl)c(Cl)c2)c2ccccc12. The van der Waals surface area contributed by atoms with Gasteiger partial charge >= 0.3 is 0 Å². The van der Waals surface area contributed by atoms with Gasteiger partial charge in [-0.15, -0.1) is 0 Å². The molecule has 3 aromatic rings. The summed E-state index contributed by atoms with van der Waals surface area (Å²) >= 11 is 11.7. The summed E-state index contributed by atoms with van der Waals surface area (Å²) < 4.78 is 0. The second kappa shape index (κ2) is 4.64. The van der Waals surface area contributed by atoms with Gasteiger partial charge in [-0.05, 0) is 12.1 Å². The molecule has 0 aliphatic rings. The van der Waals surface area contributed by atoms with E-state index in [1.54, 1.807) is 24.4 Å². The van der Waals surface area contributed by atoms with Crippen molar-refractivity contribution in [2.75, 3.05) is 0 Å². The van der Waals surface area contributed by atoms with Crippen molar-refractivity contribution in [2.24, 2.45) is 0 Å². The quantitative estimate of drug-likeness (QED) is 0.700. The fourth-order valence-corrected chi connectivity index (χ4v) is 2.16. The Morgan fingerprint density at radius 3 is 2.58 bits per heavy atom. The summed E-state index contributed by atoms with van der Waals surface area (Å²) in [4.78, 5) is 15.7. The van der Waals surface area contributed by atoms with E-state index in [-0.39, 0.29) is 10.7 Å². The van der Waals surface area contributed by atoms with Gasteiger partial charge in [-0.25, -0.2) is 10.1 Å². The maximum Gasteiger partial charge on any atom is 0.272 e. The topological polar surface area (TPSA) is 58.6 Å². The normalized spacial score (nSPS) is 10.8. The lowest BCUT2D eigenvalue weighted by Gasteiger charge is -2.05. The lowest BCUT2D eigenvalue weighted by atomic mass is 10.1. The van der Waals surface area contributed by atoms with Gasteiger partial charge in [0.15, 0.2) is 0 Å². The molecule has 94 valence electrons. The third-order valence-corrected chi connectivity index (χ3v) is 3.45. The minimum atomic E-state index is -0.229. The van der Waals surface area contributed by atoms with E-state index in [9.17, 15) is 4.79 Å². The maximum absolute atomic E-state index is 11.7. The number of aromatic amines is 1. The van der Waals surface area contributed by atoms with Gasteiger partial charge in [0.2, 0.25) is 0 Å². The van der Waals surface area contributed by atoms with Crippen molar-refractivity contribution in [3.63, 3.8) is 0 Å². The highest BCUT2D eigenvalue weighted by molar-refractivity contribution is 6.41. The van der Waals surface area contributed by atoms with Crippen LogP contribution in [0.5, 0.6) is 0 Å². The number of fused-ring (bicyclic) bond motifs is 1. The molecule has 0 radical (unpaired) electrons. The molecule has 19 heavy (non-hydrogen) atoms. The molecule has 0 aliphatic carbocycles. The Bertz CT molecular complexity index is 829. The molecule has 0 aliphatic heterocycles. The van der Waals surface area contributed by atoms with Crippen LogP contribution in [-0.2, 0) is 0 Å². The van der Waals surface area contributed by atoms with Crippen molar-refractivity contribution >= 4 is 34.0 Å². The second-order valence-electron chi connectivity index (χ2n) is 3.94. The first-order valence-electron chi connectivity index (χ1n) is 5.45. The van der Waals surface area contributed by atoms with Crippen molar-refractivity contribution in [3.05, 3.63) is 57.1 Å². The highest BCUT2D eigenvalue weighted by atomic mass is 35.5. The minimum absolute atomic E-state index is 0.229. The van der Waals surface area contributed by atoms with E-state index < -0.39 is 0 Å². The number of nitrogens with one attached hydrogen (secondary N) is 1. The standard InChI is InChI=1S/C13H7Cl2N3O/c14-10-5-7(6-16-12(10)15)11-8-3-1-2-4-9(8)13(19)18-17-11/h1-6H,(H,18,19). The average molecular weight is 292 g/mol. The molecule has 2 aromatic heterocycles. The zero-order valence-electron chi connectivity index (χ0n) is 9.52. The number of aromatic nitrogens is 3. The van der Waals surface area contributed by atoms with Gasteiger partial charge in [-0.2, -0.15) is 5.10 Å². The predicted molar refractivity (Wildman–Crippen MR) is 75.6 cm³/mol. The van der Waals surface area contributed by atoms with Gasteiger partial charge in [0.25, 0.3) is 5.56 Å². The van der Waals surface area contributed by atoms with Crippen LogP contribution in [0, 0.1) is 0 Å². The van der Waals surface area contributed by atoms with E-state index in [4.69, 9.17) is 23.2 Å². The van der Waals surface area contributed by atoms with Crippen LogP contribution in [0.3, 0.4) is 0 Å². The molecule has 0 saturated carbocycles. The van der Waals surface area contributed by atoms with Crippen LogP contribution in [0.1, 0.15) is 0 Å². The molecule has 6 heteroatoms. The number of pyridine rings is 1. The molecule has 3 rings (SSSR count). The van der Waals surface area contributed by atoms with Gasteiger partial charge in [0, 0.05) is 17.1 Å². The summed E-state index contributed by atoms with van der Waals surface area (Å²) in [6, 6.07) is 8.88. The first-order valence-corrected chi connectivity index (χ1v) is 6.21. The van der Waals surface area contributed by atoms with Crippen LogP contribution in [0.4, 0.5) is 0 Å². The number of nitrogens with zero attached hydrogens (tertiary/aromatic N) is 2. The van der Waals surface area contributed by atoms with E-state index in [0.29, 0.717) is 21.7 Å². The average Bonchev–Trinajstić information content (AvgIpc) is 2.43. The number of halogens is 2. The van der Waals surface area contributed by atoms with Gasteiger partial charge < -0.3 is 0 Å². The zero-order chi connectivity index (χ0) is 13.4. The molecular weight excluding hydrogens is 285 g/mol. The molecule has 1 N–H and O–H groups in total. The molecule has 0 atom stereocenters. The van der Waals surface area contributed by atoms with Crippen LogP contribution >= 0.6 is 23.2 Å². The molecule has 0 bridgehead atoms. The lowest BCUT2D eigenvalue weighted by molar-refractivity contribution is 1.02. The number of benzene rings is 1. The predicted octanol–water partition coefficient (Wildman–Crippen LogP) is 3.29. The molecule has 0 fully saturated rings. The van der Waals surface area contributed by atoms with Crippen LogP contribution in [-0.4, -0.2) is 15.2 Å². The molecule has 0 spiro atoms. The van der Waals surface area contributed by atoms with E-state index in [0.717, 1.165) is 5.39 Å². The highest BCUT2D eigenvalue weighted by Gasteiger charge is 2.10. The molecule has 0 unspecified atom stereocenters. The first kappa shape index (κ1) is 12.1. The van der Waals surface area contributed by atoms with Crippen LogP contribution in [0.2, 0.25) is 10.2 Å². The number of hydrogen-bond donors (Lipinski definition) is 1. The van der Waals surface area contributed by atoms with Crippen LogP contribution in [0.25, 0.3) is 22.0 Å². The fraction of sp³-hybridized carbons (Fsp3) is 0. The summed E-state index contributed by atoms with van der Waals surface area (Å²) in [6.45, 7) is 0. The Kier molecular flexibility index (Phi) is 2.97. The molecule has 0 saturated heterocycles. The van der Waals surface area contributed by atoms with Gasteiger partial charge in [-0.1, -0.05) is 41.4 Å². The minimum Gasteiger partial charge on any atom is -0.267 e. The lowest BCUT2D eigenvalue weighted by Crippen LogP contribution is -2.09. The van der Waals surface area contributed by atoms with E-state index in [1.807, 2.05) is 12.1 Å². The largest absolute Gasteiger partial charge is 0.272 e. The van der Waals surface area contributed by atoms with Crippen molar-refractivity contribution in [3.8, 4) is 11.3 Å². The Morgan fingerprint density at radius 2 is 1.84 bits per heavy atom. The Hall–Kier alpha value is -1.91. The van der Waals surface area contributed by atoms with E-state index in [2.05, 4.69) is 15.2 Å². The van der Waals surface area contributed by atoms with Crippen molar-refractivity contribution in [1.82, 2.24) is 15.2 Å². The Morgan fingerprint density at radius 1 is 1.11 bits per heavy atom. The van der Waals surface area contributed by atoms with E-state index >= 15 is 0 Å². The van der Waals surface area contributed by atoms with Crippen molar-refractivity contribution in [2.45, 2.75) is 0 Å². The summed E-state index contributed by atoms with van der Waals surface area (Å²) in [5.41, 5.74) is 1.08. The summed E-state index contributed by atoms with van der Waals surface area (Å²) in [6.07, 6.45) is 1.57. The van der Waals surface area contributed by atoms with Crippen molar-refractivity contribution in [1.29, 1.82) is 0 Å². The van der Waals surface area contributed by atoms with E-state index in [1.165, 1.54) is 0 Å². The number of rotatable bonds is 1. The van der Waals surface area contributed by atoms with Crippen LogP contribution < -0.4 is 5.56 Å². The first-order chi connectivity index (χ1) is 9.16. The van der Waals surface area contributed by atoms with Gasteiger partial charge in [-0.3, -0.25) is 4.79 Å². The third-order valence-electron chi connectivity index (χ3n) is 2.77. The second-order valence-corrected chi connectivity index (χ2v) is 4.71. The van der Waals surface area contributed by atoms with Crippen LogP contribution in [0.15, 0.2) is 41.3 Å². The van der Waals surface area contributed by atoms with Gasteiger partial charge in [0.05, 0.1) is 10.4 Å². The highest BCUT2D eigenvalue weighted by Crippen LogP contribution is 2.28. The molecular formula is C13H7Cl2N3O. The molecule has 1 aromatic carbocycles. The summed E-state index contributed by atoms with van der Waals surface area (Å²) in [5.74, 6) is 0. The number of hydrogen-bond acceptors (Lipinski definition) is 3. The molecule has 0 amide bonds. The Balaban J connectivity index is 2.34. The third kappa shape index (κ3) is 2.09. The van der Waals surface area contributed by atoms with Crippen molar-refractivity contribution < 1.29 is 0 Å².